The Labute approximate surface area is 188 Å². The number of aliphatic hydroxyl groups is 1. The van der Waals surface area contributed by atoms with Gasteiger partial charge in [0.25, 0.3) is 0 Å². The summed E-state index contributed by atoms with van der Waals surface area (Å²) in [6.45, 7) is 3.34. The molecule has 1 aromatic heterocycles. The summed E-state index contributed by atoms with van der Waals surface area (Å²) in [6.07, 6.45) is -4.85. The minimum Gasteiger partial charge on any atom is -0.380 e. The predicted octanol–water partition coefficient (Wildman–Crippen LogP) is 4.64. The van der Waals surface area contributed by atoms with E-state index >= 15 is 0 Å². The maximum atomic E-state index is 14.1. The van der Waals surface area contributed by atoms with Crippen LogP contribution in [-0.4, -0.2) is 42.6 Å². The van der Waals surface area contributed by atoms with Crippen molar-refractivity contribution < 1.29 is 26.7 Å². The van der Waals surface area contributed by atoms with Crippen molar-refractivity contribution in [3.8, 4) is 0 Å². The van der Waals surface area contributed by atoms with Crippen LogP contribution in [0.2, 0.25) is 0 Å². The number of pyridine rings is 1. The summed E-state index contributed by atoms with van der Waals surface area (Å²) in [5, 5.41) is 13.7. The average molecular weight is 521 g/mol. The van der Waals surface area contributed by atoms with Gasteiger partial charge in [-0.25, -0.2) is 13.4 Å². The van der Waals surface area contributed by atoms with E-state index in [2.05, 4.69) is 26.2 Å². The minimum absolute atomic E-state index is 0.0917. The molecule has 0 bridgehead atoms. The van der Waals surface area contributed by atoms with Gasteiger partial charge in [0.15, 0.2) is 20.5 Å². The molecule has 0 fully saturated rings. The number of nitrogens with one attached hydrogen (secondary N) is 1. The Morgan fingerprint density at radius 3 is 2.48 bits per heavy atom. The number of anilines is 1. The van der Waals surface area contributed by atoms with Crippen LogP contribution >= 0.6 is 15.9 Å². The van der Waals surface area contributed by atoms with Crippen LogP contribution in [0.4, 0.5) is 18.9 Å². The lowest BCUT2D eigenvalue weighted by atomic mass is 9.73. The number of nitrogens with zero attached hydrogens (tertiary/aromatic N) is 1. The van der Waals surface area contributed by atoms with Crippen LogP contribution in [0.1, 0.15) is 37.9 Å². The van der Waals surface area contributed by atoms with E-state index in [9.17, 15) is 26.7 Å². The minimum atomic E-state index is -4.85. The Bertz CT molecular complexity index is 1090. The molecule has 1 aliphatic heterocycles. The first kappa shape index (κ1) is 24.0. The summed E-state index contributed by atoms with van der Waals surface area (Å²) in [7, 11) is -3.53. The van der Waals surface area contributed by atoms with Crippen LogP contribution in [0.3, 0.4) is 0 Å². The Balaban J connectivity index is 1.85. The second-order valence-corrected chi connectivity index (χ2v) is 11.6. The zero-order chi connectivity index (χ0) is 23.2. The largest absolute Gasteiger partial charge is 0.417 e. The standard InChI is InChI=1S/C21H24BrF3N2O3S/c1-19(2,13-5-4-6-14(22)9-13)12-20(28,21(23,24)25)11-15-10-17-16(26-15)7-8-18(27-17)31(3,29)30/h4-9,15,26,28H,10-12H2,1-3H3. The molecule has 0 spiro atoms. The van der Waals surface area contributed by atoms with Crippen LogP contribution in [0.15, 0.2) is 45.9 Å². The van der Waals surface area contributed by atoms with Crippen LogP contribution in [0, 0.1) is 0 Å². The number of alkyl halides is 3. The lowest BCUT2D eigenvalue weighted by molar-refractivity contribution is -0.270. The number of sulfone groups is 1. The van der Waals surface area contributed by atoms with Crippen molar-refractivity contribution in [1.82, 2.24) is 4.98 Å². The fourth-order valence-electron chi connectivity index (χ4n) is 4.04. The highest BCUT2D eigenvalue weighted by molar-refractivity contribution is 9.10. The van der Waals surface area contributed by atoms with Gasteiger partial charge in [0.05, 0.1) is 11.4 Å². The van der Waals surface area contributed by atoms with Gasteiger partial charge in [0.1, 0.15) is 0 Å². The molecule has 2 N–H and O–H groups in total. The van der Waals surface area contributed by atoms with E-state index in [0.717, 1.165) is 10.7 Å². The van der Waals surface area contributed by atoms with E-state index in [1.807, 2.05) is 0 Å². The molecule has 2 heterocycles. The van der Waals surface area contributed by atoms with Crippen molar-refractivity contribution in [2.24, 2.45) is 0 Å². The molecule has 170 valence electrons. The summed E-state index contributed by atoms with van der Waals surface area (Å²) in [5.74, 6) is 0. The number of hydrogen-bond donors (Lipinski definition) is 2. The highest BCUT2D eigenvalue weighted by Crippen LogP contribution is 2.45. The molecular formula is C21H24BrF3N2O3S. The summed E-state index contributed by atoms with van der Waals surface area (Å²) in [5.41, 5.74) is -2.37. The van der Waals surface area contributed by atoms with E-state index in [4.69, 9.17) is 0 Å². The molecule has 0 aliphatic carbocycles. The first-order valence-corrected chi connectivity index (χ1v) is 12.3. The fourth-order valence-corrected chi connectivity index (χ4v) is 5.03. The second kappa shape index (κ2) is 8.04. The summed E-state index contributed by atoms with van der Waals surface area (Å²) in [6, 6.07) is 9.09. The second-order valence-electron chi connectivity index (χ2n) is 8.77. The number of aromatic nitrogens is 1. The lowest BCUT2D eigenvalue weighted by Gasteiger charge is -2.39. The Morgan fingerprint density at radius 1 is 1.23 bits per heavy atom. The van der Waals surface area contributed by atoms with Crippen molar-refractivity contribution in [2.45, 2.75) is 61.4 Å². The Kier molecular flexibility index (Phi) is 6.23. The smallest absolute Gasteiger partial charge is 0.380 e. The van der Waals surface area contributed by atoms with E-state index in [0.29, 0.717) is 16.9 Å². The molecule has 0 saturated carbocycles. The molecule has 31 heavy (non-hydrogen) atoms. The SMILES string of the molecule is CC(C)(CC(O)(CC1Cc2nc(S(C)(=O)=O)ccc2N1)C(F)(F)F)c1cccc(Br)c1. The third-order valence-corrected chi connectivity index (χ3v) is 7.06. The van der Waals surface area contributed by atoms with Gasteiger partial charge in [0.2, 0.25) is 0 Å². The van der Waals surface area contributed by atoms with Crippen LogP contribution in [0.25, 0.3) is 0 Å². The van der Waals surface area contributed by atoms with Gasteiger partial charge < -0.3 is 10.4 Å². The highest BCUT2D eigenvalue weighted by atomic mass is 79.9. The summed E-state index contributed by atoms with van der Waals surface area (Å²) >= 11 is 3.34. The number of halogens is 4. The van der Waals surface area contributed by atoms with Gasteiger partial charge in [0, 0.05) is 29.6 Å². The van der Waals surface area contributed by atoms with Crippen molar-refractivity contribution >= 4 is 31.5 Å². The highest BCUT2D eigenvalue weighted by Gasteiger charge is 2.57. The average Bonchev–Trinajstić information content (AvgIpc) is 3.00. The molecule has 2 atom stereocenters. The molecule has 10 heteroatoms. The van der Waals surface area contributed by atoms with E-state index in [1.165, 1.54) is 12.1 Å². The van der Waals surface area contributed by atoms with Gasteiger partial charge >= 0.3 is 6.18 Å². The van der Waals surface area contributed by atoms with Crippen molar-refractivity contribution in [1.29, 1.82) is 0 Å². The first-order chi connectivity index (χ1) is 14.1. The molecule has 0 amide bonds. The van der Waals surface area contributed by atoms with E-state index < -0.39 is 45.9 Å². The van der Waals surface area contributed by atoms with Crippen molar-refractivity contribution in [2.75, 3.05) is 11.6 Å². The zero-order valence-corrected chi connectivity index (χ0v) is 19.7. The normalized spacial score (nSPS) is 18.9. The molecule has 2 aromatic rings. The molecule has 1 aromatic carbocycles. The number of rotatable bonds is 6. The first-order valence-electron chi connectivity index (χ1n) is 9.62. The van der Waals surface area contributed by atoms with Crippen LogP contribution < -0.4 is 5.32 Å². The quantitative estimate of drug-likeness (QED) is 0.580. The fraction of sp³-hybridized carbons (Fsp3) is 0.476. The molecular weight excluding hydrogens is 497 g/mol. The third-order valence-electron chi connectivity index (χ3n) is 5.58. The summed E-state index contributed by atoms with van der Waals surface area (Å²) < 4.78 is 66.3. The Hall–Kier alpha value is -1.65. The third kappa shape index (κ3) is 5.23. The van der Waals surface area contributed by atoms with Crippen molar-refractivity contribution in [3.63, 3.8) is 0 Å². The van der Waals surface area contributed by atoms with Crippen LogP contribution in [0.5, 0.6) is 0 Å². The topological polar surface area (TPSA) is 79.3 Å². The Morgan fingerprint density at radius 2 is 1.90 bits per heavy atom. The predicted molar refractivity (Wildman–Crippen MR) is 116 cm³/mol. The monoisotopic (exact) mass is 520 g/mol. The molecule has 1 aliphatic rings. The van der Waals surface area contributed by atoms with Crippen molar-refractivity contribution in [3.05, 3.63) is 52.1 Å². The maximum Gasteiger partial charge on any atom is 0.417 e. The molecule has 0 radical (unpaired) electrons. The molecule has 3 rings (SSSR count). The molecule has 5 nitrogen and oxygen atoms in total. The van der Waals surface area contributed by atoms with Gasteiger partial charge in [-0.1, -0.05) is 41.9 Å². The number of hydrogen-bond acceptors (Lipinski definition) is 5. The molecule has 0 saturated heterocycles. The number of benzene rings is 1. The van der Waals surface area contributed by atoms with Gasteiger partial charge in [-0.2, -0.15) is 13.2 Å². The van der Waals surface area contributed by atoms with Crippen LogP contribution in [-0.2, 0) is 21.7 Å². The number of fused-ring (bicyclic) bond motifs is 1. The maximum absolute atomic E-state index is 14.1. The van der Waals surface area contributed by atoms with E-state index in [-0.39, 0.29) is 11.4 Å². The van der Waals surface area contributed by atoms with E-state index in [1.54, 1.807) is 38.1 Å². The van der Waals surface area contributed by atoms with Gasteiger partial charge in [-0.15, -0.1) is 0 Å². The zero-order valence-electron chi connectivity index (χ0n) is 17.3. The lowest BCUT2D eigenvalue weighted by Crippen LogP contribution is -2.51. The summed E-state index contributed by atoms with van der Waals surface area (Å²) in [4.78, 5) is 4.08. The molecule has 2 unspecified atom stereocenters. The van der Waals surface area contributed by atoms with Gasteiger partial charge in [-0.3, -0.25) is 0 Å². The van der Waals surface area contributed by atoms with Gasteiger partial charge in [-0.05, 0) is 41.7 Å².